The summed E-state index contributed by atoms with van der Waals surface area (Å²) < 4.78 is 81.0. The molecule has 4 aromatic heterocycles. The standard InChI is InChI=1S/C108H85BN10/c1-106(2,3)75-51-58-91(84(63-75)69-35-18-11-19-36-69)118-94-66-78(117-92-59-52-76(107(4,5)6)64-85(92)86-65-77(108(7,8)9)53-60-93(86)117)54-56-87(94)109-88-57-55-79(116-89-49-30-28-45-80(89)81-46-29-31-50-90(81)116)67-95(88)119(97-62-74(61-96(118)98(97)109)68-33-16-10-17-34-68)99-82(104-112-100(70-37-20-12-21-38-70)110-101(113-104)71-39-22-13-23-40-71)47-32-48-83(99)105-114-102(72-41-24-14-25-42-72)111-103(115-105)73-43-26-15-27-44-73/h10-67H,1-9H3/i28D,29D,30D,31D,45D,46D,49D,50D. The van der Waals surface area contributed by atoms with Gasteiger partial charge in [-0.15, -0.1) is 0 Å². The van der Waals surface area contributed by atoms with E-state index >= 15 is 0 Å². The molecule has 11 heteroatoms. The second-order valence-corrected chi connectivity index (χ2v) is 34.1. The van der Waals surface area contributed by atoms with Gasteiger partial charge in [-0.2, -0.15) is 0 Å². The van der Waals surface area contributed by atoms with Crippen LogP contribution < -0.4 is 26.2 Å². The van der Waals surface area contributed by atoms with Gasteiger partial charge in [-0.25, -0.2) is 29.9 Å². The minimum atomic E-state index is -0.646. The van der Waals surface area contributed by atoms with E-state index in [-0.39, 0.29) is 38.1 Å². The molecule has 21 rings (SSSR count). The average Bonchev–Trinajstić information content (AvgIpc) is 1.67. The van der Waals surface area contributed by atoms with Crippen molar-refractivity contribution in [2.45, 2.75) is 78.6 Å². The molecule has 0 radical (unpaired) electrons. The van der Waals surface area contributed by atoms with Gasteiger partial charge in [-0.3, -0.25) is 0 Å². The van der Waals surface area contributed by atoms with Crippen LogP contribution in [0.5, 0.6) is 0 Å². The second-order valence-electron chi connectivity index (χ2n) is 34.1. The van der Waals surface area contributed by atoms with Crippen LogP contribution in [0, 0.1) is 0 Å². The molecule has 119 heavy (non-hydrogen) atoms. The SMILES string of the molecule is [2H]c1c([2H])c([2H])c2c(c1[2H])c1c([2H])c([2H])c([2H])c([2H])c1n2-c1ccc2c(c1)N(c1c(-c3nc(-c4ccccc4)nc(-c4ccccc4)n3)cccc1-c1nc(-c3ccccc3)nc(-c3ccccc3)n1)c1cc(-c3ccccc3)cc3c1B2c1ccc(-n2c4ccc(C(C)(C)C)cc4c4cc(C(C)(C)C)ccc42)cc1N3c1ccc(C(C)(C)C)cc1-c1ccccc1. The fourth-order valence-corrected chi connectivity index (χ4v) is 17.5. The lowest BCUT2D eigenvalue weighted by Crippen LogP contribution is -2.61. The Morgan fingerprint density at radius 2 is 0.622 bits per heavy atom. The number of aromatic nitrogens is 8. The first-order chi connectivity index (χ1) is 61.2. The van der Waals surface area contributed by atoms with Gasteiger partial charge in [-0.1, -0.05) is 317 Å². The van der Waals surface area contributed by atoms with Crippen LogP contribution in [0.2, 0.25) is 0 Å². The molecule has 19 aromatic rings. The maximum Gasteiger partial charge on any atom is 0.252 e. The average molecular weight is 1540 g/mol. The van der Waals surface area contributed by atoms with Crippen molar-refractivity contribution in [1.82, 2.24) is 39.0 Å². The fourth-order valence-electron chi connectivity index (χ4n) is 17.5. The Morgan fingerprint density at radius 1 is 0.261 bits per heavy atom. The molecule has 0 spiro atoms. The van der Waals surface area contributed by atoms with E-state index in [0.717, 1.165) is 111 Å². The van der Waals surface area contributed by atoms with Crippen LogP contribution in [0.3, 0.4) is 0 Å². The van der Waals surface area contributed by atoms with Gasteiger partial charge in [0, 0.05) is 94.6 Å². The molecule has 570 valence electrons. The first-order valence-corrected chi connectivity index (χ1v) is 40.5. The number of fused-ring (bicyclic) bond motifs is 10. The molecule has 0 fully saturated rings. The third-order valence-electron chi connectivity index (χ3n) is 23.5. The summed E-state index contributed by atoms with van der Waals surface area (Å²) >= 11 is 0. The van der Waals surface area contributed by atoms with Crippen molar-refractivity contribution in [2.75, 3.05) is 9.80 Å². The van der Waals surface area contributed by atoms with Crippen LogP contribution in [-0.2, 0) is 16.2 Å². The summed E-state index contributed by atoms with van der Waals surface area (Å²) in [6, 6.07) is 101. The van der Waals surface area contributed by atoms with Gasteiger partial charge in [0.15, 0.2) is 34.9 Å². The molecule has 0 bridgehead atoms. The monoisotopic (exact) mass is 1540 g/mol. The summed E-state index contributed by atoms with van der Waals surface area (Å²) in [5.41, 5.74) is 21.3. The Labute approximate surface area is 705 Å². The van der Waals surface area contributed by atoms with Crippen molar-refractivity contribution >= 4 is 101 Å². The molecule has 0 aliphatic carbocycles. The topological polar surface area (TPSA) is 93.7 Å². The third-order valence-corrected chi connectivity index (χ3v) is 23.5. The zero-order valence-corrected chi connectivity index (χ0v) is 67.4. The molecule has 6 heterocycles. The van der Waals surface area contributed by atoms with Gasteiger partial charge in [0.1, 0.15) is 0 Å². The predicted molar refractivity (Wildman–Crippen MR) is 496 cm³/mol. The van der Waals surface area contributed by atoms with Gasteiger partial charge in [0.05, 0.1) is 44.4 Å². The van der Waals surface area contributed by atoms with Crippen LogP contribution >= 0.6 is 0 Å². The molecule has 15 aromatic carbocycles. The molecule has 0 saturated heterocycles. The molecule has 2 aliphatic heterocycles. The van der Waals surface area contributed by atoms with Crippen molar-refractivity contribution in [3.63, 3.8) is 0 Å². The number of benzene rings is 15. The molecule has 2 aliphatic rings. The second kappa shape index (κ2) is 28.2. The molecule has 0 amide bonds. The number of rotatable bonds is 12. The van der Waals surface area contributed by atoms with Gasteiger partial charge in [-0.05, 0) is 163 Å². The zero-order valence-electron chi connectivity index (χ0n) is 75.4. The molecule has 0 saturated carbocycles. The summed E-state index contributed by atoms with van der Waals surface area (Å²) in [4.78, 5) is 37.9. The molecular formula is C108H85BN10. The number of para-hydroxylation sites is 3. The summed E-state index contributed by atoms with van der Waals surface area (Å²) in [7, 11) is 0. The van der Waals surface area contributed by atoms with E-state index in [1.807, 2.05) is 158 Å². The lowest BCUT2D eigenvalue weighted by molar-refractivity contribution is 0.590. The van der Waals surface area contributed by atoms with Crippen LogP contribution in [0.1, 0.15) is 90.0 Å². The van der Waals surface area contributed by atoms with E-state index in [1.54, 1.807) is 4.57 Å². The van der Waals surface area contributed by atoms with E-state index in [4.69, 9.17) is 29.9 Å². The molecule has 0 atom stereocenters. The highest BCUT2D eigenvalue weighted by atomic mass is 15.2. The molecule has 10 nitrogen and oxygen atoms in total. The third kappa shape index (κ3) is 12.5. The quantitative estimate of drug-likeness (QED) is 0.112. The summed E-state index contributed by atoms with van der Waals surface area (Å²) in [6.07, 6.45) is 0. The predicted octanol–water partition coefficient (Wildman–Crippen LogP) is 25.6. The number of nitrogens with zero attached hydrogens (tertiary/aromatic N) is 10. The van der Waals surface area contributed by atoms with Gasteiger partial charge in [0.2, 0.25) is 0 Å². The first kappa shape index (κ1) is 63.8. The van der Waals surface area contributed by atoms with E-state index in [0.29, 0.717) is 68.8 Å². The van der Waals surface area contributed by atoms with Gasteiger partial charge < -0.3 is 18.9 Å². The molecule has 0 N–H and O–H groups in total. The lowest BCUT2D eigenvalue weighted by Gasteiger charge is -2.45. The number of anilines is 6. The highest BCUT2D eigenvalue weighted by molar-refractivity contribution is 7.00. The summed E-state index contributed by atoms with van der Waals surface area (Å²) in [5.74, 6) is 2.24. The normalized spacial score (nSPS) is 13.6. The van der Waals surface area contributed by atoms with E-state index in [9.17, 15) is 11.0 Å². The Balaban J connectivity index is 0.958. The van der Waals surface area contributed by atoms with Crippen molar-refractivity contribution < 1.29 is 11.0 Å². The summed E-state index contributed by atoms with van der Waals surface area (Å²) in [6.45, 7) is 19.8. The Bertz CT molecular complexity index is 7340. The zero-order chi connectivity index (χ0) is 87.5. The van der Waals surface area contributed by atoms with Crippen LogP contribution in [0.4, 0.5) is 34.1 Å². The highest BCUT2D eigenvalue weighted by Crippen LogP contribution is 2.54. The maximum atomic E-state index is 10.0. The van der Waals surface area contributed by atoms with E-state index in [2.05, 4.69) is 222 Å². The molecule has 0 unspecified atom stereocenters. The summed E-state index contributed by atoms with van der Waals surface area (Å²) in [5, 5.41) is 2.19. The van der Waals surface area contributed by atoms with Crippen LogP contribution in [0.15, 0.2) is 352 Å². The first-order valence-electron chi connectivity index (χ1n) is 44.5. The van der Waals surface area contributed by atoms with Crippen LogP contribution in [-0.4, -0.2) is 45.8 Å². The Kier molecular flexibility index (Phi) is 15.1. The minimum Gasteiger partial charge on any atom is -0.311 e. The maximum absolute atomic E-state index is 10.0. The minimum absolute atomic E-state index is 0.0308. The van der Waals surface area contributed by atoms with E-state index in [1.165, 1.54) is 11.1 Å². The fraction of sp³-hybridized carbons (Fsp3) is 0.111. The van der Waals surface area contributed by atoms with Crippen molar-refractivity contribution in [3.05, 3.63) is 368 Å². The van der Waals surface area contributed by atoms with Gasteiger partial charge in [0.25, 0.3) is 6.71 Å². The Hall–Kier alpha value is -14.4. The lowest BCUT2D eigenvalue weighted by atomic mass is 9.33. The van der Waals surface area contributed by atoms with Crippen molar-refractivity contribution in [2.24, 2.45) is 0 Å². The Morgan fingerprint density at radius 3 is 1.05 bits per heavy atom. The van der Waals surface area contributed by atoms with Gasteiger partial charge >= 0.3 is 0 Å². The largest absolute Gasteiger partial charge is 0.311 e. The van der Waals surface area contributed by atoms with Crippen LogP contribution in [0.25, 0.3) is 146 Å². The number of hydrogen-bond donors (Lipinski definition) is 0. The highest BCUT2D eigenvalue weighted by Gasteiger charge is 2.46. The molecular weight excluding hydrogens is 1450 g/mol. The number of hydrogen-bond acceptors (Lipinski definition) is 8. The van der Waals surface area contributed by atoms with Crippen molar-refractivity contribution in [3.8, 4) is 102 Å². The smallest absolute Gasteiger partial charge is 0.252 e. The van der Waals surface area contributed by atoms with E-state index < -0.39 is 55.1 Å². The van der Waals surface area contributed by atoms with Crippen molar-refractivity contribution in [1.29, 1.82) is 0 Å².